The Morgan fingerprint density at radius 1 is 1.26 bits per heavy atom. The van der Waals surface area contributed by atoms with E-state index in [1.807, 2.05) is 0 Å². The zero-order chi connectivity index (χ0) is 13.8. The summed E-state index contributed by atoms with van der Waals surface area (Å²) in [5.74, 6) is -0.0230. The minimum absolute atomic E-state index is 0.0689. The smallest absolute Gasteiger partial charge is 0.273 e. The normalized spacial score (nSPS) is 10.4. The van der Waals surface area contributed by atoms with E-state index in [0.717, 1.165) is 0 Å². The van der Waals surface area contributed by atoms with Crippen LogP contribution in [0.5, 0.6) is 0 Å². The molecule has 0 amide bonds. The zero-order valence-electron chi connectivity index (χ0n) is 9.88. The Morgan fingerprint density at radius 2 is 2.00 bits per heavy atom. The lowest BCUT2D eigenvalue weighted by Crippen LogP contribution is -1.94. The molecule has 4 nitrogen and oxygen atoms in total. The Hall–Kier alpha value is -2.08. The van der Waals surface area contributed by atoms with Crippen molar-refractivity contribution in [3.05, 3.63) is 64.0 Å². The maximum atomic E-state index is 13.2. The van der Waals surface area contributed by atoms with Crippen molar-refractivity contribution < 1.29 is 9.31 Å². The first-order valence-electron chi connectivity index (χ1n) is 5.47. The van der Waals surface area contributed by atoms with Crippen LogP contribution in [-0.2, 0) is 5.75 Å². The Bertz CT molecular complexity index is 599. The van der Waals surface area contributed by atoms with Crippen molar-refractivity contribution in [2.75, 3.05) is 5.73 Å². The number of hydrogen-bond donors (Lipinski definition) is 1. The van der Waals surface area contributed by atoms with Gasteiger partial charge < -0.3 is 5.73 Å². The predicted molar refractivity (Wildman–Crippen MR) is 73.5 cm³/mol. The molecule has 0 bridgehead atoms. The van der Waals surface area contributed by atoms with Crippen LogP contribution in [0.1, 0.15) is 5.56 Å². The van der Waals surface area contributed by atoms with Crippen LogP contribution in [0.2, 0.25) is 0 Å². The highest BCUT2D eigenvalue weighted by Crippen LogP contribution is 2.29. The Balaban J connectivity index is 2.16. The Labute approximate surface area is 113 Å². The minimum atomic E-state index is -0.421. The van der Waals surface area contributed by atoms with Crippen LogP contribution < -0.4 is 5.73 Å². The van der Waals surface area contributed by atoms with Crippen LogP contribution >= 0.6 is 11.8 Å². The van der Waals surface area contributed by atoms with Crippen LogP contribution in [0.15, 0.2) is 47.4 Å². The second-order valence-electron chi connectivity index (χ2n) is 3.89. The highest BCUT2D eigenvalue weighted by molar-refractivity contribution is 7.98. The van der Waals surface area contributed by atoms with E-state index < -0.39 is 10.7 Å². The van der Waals surface area contributed by atoms with E-state index in [2.05, 4.69) is 0 Å². The molecule has 98 valence electrons. The van der Waals surface area contributed by atoms with Gasteiger partial charge in [-0.1, -0.05) is 18.2 Å². The van der Waals surface area contributed by atoms with Gasteiger partial charge >= 0.3 is 0 Å². The summed E-state index contributed by atoms with van der Waals surface area (Å²) in [6.45, 7) is 0. The number of halogens is 1. The lowest BCUT2D eigenvalue weighted by atomic mass is 10.2. The second kappa shape index (κ2) is 5.71. The summed E-state index contributed by atoms with van der Waals surface area (Å²) in [5, 5.41) is 10.9. The first-order chi connectivity index (χ1) is 9.06. The molecule has 0 aromatic heterocycles. The predicted octanol–water partition coefficient (Wildman–Crippen LogP) is 3.61. The molecule has 0 aliphatic rings. The highest BCUT2D eigenvalue weighted by Gasteiger charge is 2.12. The molecule has 19 heavy (non-hydrogen) atoms. The number of nitro benzene ring substituents is 1. The molecule has 0 aliphatic carbocycles. The van der Waals surface area contributed by atoms with Crippen molar-refractivity contribution in [1.29, 1.82) is 0 Å². The van der Waals surface area contributed by atoms with Gasteiger partial charge in [0.05, 0.1) is 4.92 Å². The zero-order valence-corrected chi connectivity index (χ0v) is 10.7. The molecule has 0 unspecified atom stereocenters. The van der Waals surface area contributed by atoms with E-state index in [-0.39, 0.29) is 5.69 Å². The van der Waals surface area contributed by atoms with Gasteiger partial charge in [0.15, 0.2) is 0 Å². The summed E-state index contributed by atoms with van der Waals surface area (Å²) < 4.78 is 13.2. The number of nitrogens with zero attached hydrogens (tertiary/aromatic N) is 1. The number of nitrogen functional groups attached to an aromatic ring is 1. The average Bonchev–Trinajstić information content (AvgIpc) is 2.35. The third-order valence-corrected chi connectivity index (χ3v) is 3.50. The Kier molecular flexibility index (Phi) is 4.01. The van der Waals surface area contributed by atoms with E-state index in [1.165, 1.54) is 30.0 Å². The summed E-state index contributed by atoms with van der Waals surface area (Å²) in [6.07, 6.45) is 0. The third-order valence-electron chi connectivity index (χ3n) is 2.48. The number of nitro groups is 1. The number of anilines is 1. The van der Waals surface area contributed by atoms with Gasteiger partial charge in [0.1, 0.15) is 5.82 Å². The van der Waals surface area contributed by atoms with Gasteiger partial charge in [-0.2, -0.15) is 0 Å². The van der Waals surface area contributed by atoms with E-state index in [9.17, 15) is 14.5 Å². The van der Waals surface area contributed by atoms with Crippen molar-refractivity contribution in [1.82, 2.24) is 0 Å². The summed E-state index contributed by atoms with van der Waals surface area (Å²) in [4.78, 5) is 11.1. The summed E-state index contributed by atoms with van der Waals surface area (Å²) in [7, 11) is 0. The fourth-order valence-corrected chi connectivity index (χ4v) is 2.62. The van der Waals surface area contributed by atoms with Crippen molar-refractivity contribution in [2.24, 2.45) is 0 Å². The largest absolute Gasteiger partial charge is 0.399 e. The highest BCUT2D eigenvalue weighted by atomic mass is 32.2. The standard InChI is InChI=1S/C13H11FN2O2S/c14-10-5-11(15)7-12(6-10)19-8-9-3-1-2-4-13(9)16(17)18/h1-7H,8,15H2. The molecular weight excluding hydrogens is 267 g/mol. The van der Waals surface area contributed by atoms with E-state index in [4.69, 9.17) is 5.73 Å². The van der Waals surface area contributed by atoms with Gasteiger partial charge in [-0.25, -0.2) is 4.39 Å². The van der Waals surface area contributed by atoms with Crippen molar-refractivity contribution in [3.8, 4) is 0 Å². The molecule has 0 radical (unpaired) electrons. The van der Waals surface area contributed by atoms with Crippen molar-refractivity contribution >= 4 is 23.1 Å². The quantitative estimate of drug-likeness (QED) is 0.401. The van der Waals surface area contributed by atoms with E-state index in [1.54, 1.807) is 24.3 Å². The lowest BCUT2D eigenvalue weighted by molar-refractivity contribution is -0.385. The number of hydrogen-bond acceptors (Lipinski definition) is 4. The molecule has 0 heterocycles. The molecule has 0 saturated carbocycles. The van der Waals surface area contributed by atoms with Crippen LogP contribution in [0, 0.1) is 15.9 Å². The molecule has 0 fully saturated rings. The molecule has 2 aromatic carbocycles. The average molecular weight is 278 g/mol. The number of para-hydroxylation sites is 1. The molecule has 6 heteroatoms. The van der Waals surface area contributed by atoms with Crippen molar-refractivity contribution in [2.45, 2.75) is 10.6 Å². The van der Waals surface area contributed by atoms with Gasteiger partial charge in [-0.3, -0.25) is 10.1 Å². The number of benzene rings is 2. The van der Waals surface area contributed by atoms with Gasteiger partial charge in [0, 0.05) is 28.0 Å². The second-order valence-corrected chi connectivity index (χ2v) is 4.94. The molecule has 2 aromatic rings. The maximum absolute atomic E-state index is 13.2. The first kappa shape index (κ1) is 13.4. The van der Waals surface area contributed by atoms with Gasteiger partial charge in [-0.15, -0.1) is 11.8 Å². The van der Waals surface area contributed by atoms with Crippen LogP contribution in [-0.4, -0.2) is 4.92 Å². The van der Waals surface area contributed by atoms with Gasteiger partial charge in [-0.05, 0) is 18.2 Å². The molecule has 2 rings (SSSR count). The third kappa shape index (κ3) is 3.45. The van der Waals surface area contributed by atoms with E-state index >= 15 is 0 Å². The van der Waals surface area contributed by atoms with Gasteiger partial charge in [0.25, 0.3) is 5.69 Å². The number of thioether (sulfide) groups is 1. The number of nitrogens with two attached hydrogens (primary N) is 1. The van der Waals surface area contributed by atoms with Crippen LogP contribution in [0.3, 0.4) is 0 Å². The SMILES string of the molecule is Nc1cc(F)cc(SCc2ccccc2[N+](=O)[O-])c1. The molecule has 0 atom stereocenters. The first-order valence-corrected chi connectivity index (χ1v) is 6.46. The molecule has 0 spiro atoms. The Morgan fingerprint density at radius 3 is 2.68 bits per heavy atom. The fourth-order valence-electron chi connectivity index (χ4n) is 1.64. The molecule has 0 aliphatic heterocycles. The fraction of sp³-hybridized carbons (Fsp3) is 0.0769. The minimum Gasteiger partial charge on any atom is -0.399 e. The van der Waals surface area contributed by atoms with Gasteiger partial charge in [0.2, 0.25) is 0 Å². The summed E-state index contributed by atoms with van der Waals surface area (Å²) >= 11 is 1.31. The maximum Gasteiger partial charge on any atom is 0.273 e. The van der Waals surface area contributed by atoms with Crippen molar-refractivity contribution in [3.63, 3.8) is 0 Å². The monoisotopic (exact) mass is 278 g/mol. The summed E-state index contributed by atoms with van der Waals surface area (Å²) in [6, 6.07) is 10.7. The van der Waals surface area contributed by atoms with Crippen LogP contribution in [0.25, 0.3) is 0 Å². The topological polar surface area (TPSA) is 69.2 Å². The molecule has 0 saturated heterocycles. The number of rotatable bonds is 4. The van der Waals surface area contributed by atoms with E-state index in [0.29, 0.717) is 21.9 Å². The van der Waals surface area contributed by atoms with Crippen LogP contribution in [0.4, 0.5) is 15.8 Å². The summed E-state index contributed by atoms with van der Waals surface area (Å²) in [5.41, 5.74) is 6.55. The molecule has 2 N–H and O–H groups in total. The lowest BCUT2D eigenvalue weighted by Gasteiger charge is -2.04. The molecular formula is C13H11FN2O2S.